The highest BCUT2D eigenvalue weighted by Gasteiger charge is 2.30. The van der Waals surface area contributed by atoms with Crippen LogP contribution in [-0.2, 0) is 18.4 Å². The van der Waals surface area contributed by atoms with Crippen LogP contribution in [0, 0.1) is 0 Å². The van der Waals surface area contributed by atoms with Crippen molar-refractivity contribution in [1.82, 2.24) is 30.2 Å². The van der Waals surface area contributed by atoms with Crippen LogP contribution >= 0.6 is 0 Å². The summed E-state index contributed by atoms with van der Waals surface area (Å²) in [7, 11) is 5.59. The fourth-order valence-corrected chi connectivity index (χ4v) is 3.22. The molecule has 2 N–H and O–H groups in total. The van der Waals surface area contributed by atoms with Crippen LogP contribution in [-0.4, -0.2) is 77.8 Å². The molecule has 1 aromatic heterocycles. The third kappa shape index (κ3) is 5.72. The molecular weight excluding hydrogens is 330 g/mol. The van der Waals surface area contributed by atoms with Gasteiger partial charge in [0.25, 0.3) is 0 Å². The van der Waals surface area contributed by atoms with Crippen molar-refractivity contribution in [3.05, 3.63) is 18.0 Å². The standard InChI is InChI=1S/C18H33N7O/c1-5-19-18(21-14-15-9-11-22-24(15)4)20-10-7-13-25-12-6-8-16(25)17(26)23(2)3/h9,11,16H,5-8,10,12-14H2,1-4H3,(H2,19,20,21). The zero-order valence-electron chi connectivity index (χ0n) is 16.5. The summed E-state index contributed by atoms with van der Waals surface area (Å²) >= 11 is 0. The minimum absolute atomic E-state index is 0.0525. The third-order valence-corrected chi connectivity index (χ3v) is 4.67. The molecule has 2 rings (SSSR count). The Morgan fingerprint density at radius 2 is 2.23 bits per heavy atom. The lowest BCUT2D eigenvalue weighted by atomic mass is 10.2. The normalized spacial score (nSPS) is 18.2. The number of rotatable bonds is 8. The van der Waals surface area contributed by atoms with E-state index in [1.807, 2.05) is 31.9 Å². The number of aliphatic imine (C=N–C) groups is 1. The number of carbonyl (C=O) groups is 1. The zero-order valence-corrected chi connectivity index (χ0v) is 16.5. The Hall–Kier alpha value is -2.09. The van der Waals surface area contributed by atoms with Gasteiger partial charge in [-0.3, -0.25) is 14.4 Å². The Bertz CT molecular complexity index is 596. The number of hydrogen-bond acceptors (Lipinski definition) is 4. The molecule has 8 nitrogen and oxygen atoms in total. The van der Waals surface area contributed by atoms with Gasteiger partial charge in [0.05, 0.1) is 18.3 Å². The van der Waals surface area contributed by atoms with Gasteiger partial charge in [-0.1, -0.05) is 0 Å². The van der Waals surface area contributed by atoms with Gasteiger partial charge in [-0.15, -0.1) is 0 Å². The smallest absolute Gasteiger partial charge is 0.239 e. The van der Waals surface area contributed by atoms with E-state index in [0.717, 1.165) is 57.1 Å². The minimum Gasteiger partial charge on any atom is -0.357 e. The Morgan fingerprint density at radius 3 is 2.88 bits per heavy atom. The Labute approximate surface area is 156 Å². The number of aryl methyl sites for hydroxylation is 1. The molecule has 2 heterocycles. The lowest BCUT2D eigenvalue weighted by Crippen LogP contribution is -2.44. The van der Waals surface area contributed by atoms with Gasteiger partial charge < -0.3 is 15.5 Å². The van der Waals surface area contributed by atoms with Crippen molar-refractivity contribution in [2.24, 2.45) is 12.0 Å². The average Bonchev–Trinajstić information content (AvgIpc) is 3.24. The molecular formula is C18H33N7O. The maximum atomic E-state index is 12.2. The predicted octanol–water partition coefficient (Wildman–Crippen LogP) is 0.418. The van der Waals surface area contributed by atoms with Gasteiger partial charge in [0.15, 0.2) is 5.96 Å². The first-order valence-electron chi connectivity index (χ1n) is 9.47. The second-order valence-electron chi connectivity index (χ2n) is 6.85. The number of likely N-dealkylation sites (N-methyl/N-ethyl adjacent to an activating group) is 1. The number of nitrogens with one attached hydrogen (secondary N) is 2. The highest BCUT2D eigenvalue weighted by atomic mass is 16.2. The summed E-state index contributed by atoms with van der Waals surface area (Å²) in [6.45, 7) is 6.25. The average molecular weight is 364 g/mol. The maximum Gasteiger partial charge on any atom is 0.239 e. The van der Waals surface area contributed by atoms with E-state index in [1.54, 1.807) is 11.1 Å². The lowest BCUT2D eigenvalue weighted by Gasteiger charge is -2.26. The van der Waals surface area contributed by atoms with E-state index in [0.29, 0.717) is 6.54 Å². The van der Waals surface area contributed by atoms with Gasteiger partial charge in [0.1, 0.15) is 0 Å². The molecule has 1 fully saturated rings. The maximum absolute atomic E-state index is 12.2. The Balaban J connectivity index is 1.77. The first-order valence-corrected chi connectivity index (χ1v) is 9.47. The quantitative estimate of drug-likeness (QED) is 0.398. The van der Waals surface area contributed by atoms with Crippen molar-refractivity contribution >= 4 is 11.9 Å². The van der Waals surface area contributed by atoms with Crippen LogP contribution in [0.15, 0.2) is 17.3 Å². The number of hydrogen-bond donors (Lipinski definition) is 2. The first-order chi connectivity index (χ1) is 12.5. The van der Waals surface area contributed by atoms with E-state index in [-0.39, 0.29) is 11.9 Å². The molecule has 146 valence electrons. The molecule has 1 aliphatic heterocycles. The number of carbonyl (C=O) groups excluding carboxylic acids is 1. The fraction of sp³-hybridized carbons (Fsp3) is 0.722. The molecule has 26 heavy (non-hydrogen) atoms. The number of aromatic nitrogens is 2. The molecule has 0 radical (unpaired) electrons. The van der Waals surface area contributed by atoms with E-state index < -0.39 is 0 Å². The van der Waals surface area contributed by atoms with Crippen molar-refractivity contribution < 1.29 is 4.79 Å². The van der Waals surface area contributed by atoms with Crippen molar-refractivity contribution in [1.29, 1.82) is 0 Å². The SMILES string of the molecule is CCNC(=NCc1ccnn1C)NCCCN1CCCC1C(=O)N(C)C. The van der Waals surface area contributed by atoms with Gasteiger partial charge in [-0.25, -0.2) is 4.99 Å². The predicted molar refractivity (Wildman–Crippen MR) is 104 cm³/mol. The Morgan fingerprint density at radius 1 is 1.42 bits per heavy atom. The monoisotopic (exact) mass is 363 g/mol. The highest BCUT2D eigenvalue weighted by Crippen LogP contribution is 2.18. The summed E-state index contributed by atoms with van der Waals surface area (Å²) in [6.07, 6.45) is 4.84. The first kappa shape index (κ1) is 20.2. The van der Waals surface area contributed by atoms with E-state index in [2.05, 4.69) is 32.5 Å². The third-order valence-electron chi connectivity index (χ3n) is 4.67. The van der Waals surface area contributed by atoms with Crippen LogP contribution in [0.3, 0.4) is 0 Å². The molecule has 1 unspecified atom stereocenters. The van der Waals surface area contributed by atoms with Gasteiger partial charge >= 0.3 is 0 Å². The van der Waals surface area contributed by atoms with Crippen LogP contribution in [0.2, 0.25) is 0 Å². The molecule has 0 aromatic carbocycles. The molecule has 0 bridgehead atoms. The van der Waals surface area contributed by atoms with Crippen molar-refractivity contribution in [2.75, 3.05) is 40.3 Å². The fourth-order valence-electron chi connectivity index (χ4n) is 3.22. The summed E-state index contributed by atoms with van der Waals surface area (Å²) in [5, 5.41) is 10.8. The summed E-state index contributed by atoms with van der Waals surface area (Å²) in [5.74, 6) is 1.04. The van der Waals surface area contributed by atoms with Crippen LogP contribution in [0.1, 0.15) is 31.9 Å². The zero-order chi connectivity index (χ0) is 18.9. The minimum atomic E-state index is 0.0525. The molecule has 1 amide bonds. The number of likely N-dealkylation sites (tertiary alicyclic amines) is 1. The number of amides is 1. The molecule has 1 aromatic rings. The van der Waals surface area contributed by atoms with E-state index in [4.69, 9.17) is 0 Å². The Kier molecular flexibility index (Phi) is 7.90. The van der Waals surface area contributed by atoms with E-state index in [9.17, 15) is 4.79 Å². The summed E-state index contributed by atoms with van der Waals surface area (Å²) in [5.41, 5.74) is 1.07. The van der Waals surface area contributed by atoms with E-state index in [1.165, 1.54) is 0 Å². The van der Waals surface area contributed by atoms with Gasteiger partial charge in [0, 0.05) is 47.0 Å². The van der Waals surface area contributed by atoms with Crippen LogP contribution in [0.25, 0.3) is 0 Å². The van der Waals surface area contributed by atoms with Crippen LogP contribution in [0.4, 0.5) is 0 Å². The van der Waals surface area contributed by atoms with Crippen molar-refractivity contribution in [3.8, 4) is 0 Å². The van der Waals surface area contributed by atoms with Crippen LogP contribution in [0.5, 0.6) is 0 Å². The molecule has 0 spiro atoms. The number of guanidine groups is 1. The molecule has 1 saturated heterocycles. The summed E-state index contributed by atoms with van der Waals surface area (Å²) in [4.78, 5) is 20.9. The summed E-state index contributed by atoms with van der Waals surface area (Å²) < 4.78 is 1.84. The molecule has 0 aliphatic carbocycles. The molecule has 1 atom stereocenters. The number of nitrogens with zero attached hydrogens (tertiary/aromatic N) is 5. The van der Waals surface area contributed by atoms with Crippen molar-refractivity contribution in [3.63, 3.8) is 0 Å². The largest absolute Gasteiger partial charge is 0.357 e. The van der Waals surface area contributed by atoms with E-state index >= 15 is 0 Å². The van der Waals surface area contributed by atoms with Crippen molar-refractivity contribution in [2.45, 2.75) is 38.8 Å². The van der Waals surface area contributed by atoms with Gasteiger partial charge in [-0.05, 0) is 38.8 Å². The molecule has 0 saturated carbocycles. The topological polar surface area (TPSA) is 77.8 Å². The second kappa shape index (κ2) is 10.2. The molecule has 1 aliphatic rings. The van der Waals surface area contributed by atoms with Gasteiger partial charge in [-0.2, -0.15) is 5.10 Å². The lowest BCUT2D eigenvalue weighted by molar-refractivity contribution is -0.133. The second-order valence-corrected chi connectivity index (χ2v) is 6.85. The highest BCUT2D eigenvalue weighted by molar-refractivity contribution is 5.81. The van der Waals surface area contributed by atoms with Crippen LogP contribution < -0.4 is 10.6 Å². The summed E-state index contributed by atoms with van der Waals surface area (Å²) in [6, 6.07) is 2.03. The van der Waals surface area contributed by atoms with Gasteiger partial charge in [0.2, 0.25) is 5.91 Å². The molecule has 8 heteroatoms.